The summed E-state index contributed by atoms with van der Waals surface area (Å²) in [7, 11) is 0. The third-order valence-electron chi connectivity index (χ3n) is 3.57. The Bertz CT molecular complexity index is 337. The van der Waals surface area contributed by atoms with Crippen molar-refractivity contribution in [3.05, 3.63) is 18.0 Å². The van der Waals surface area contributed by atoms with Crippen LogP contribution in [-0.4, -0.2) is 29.0 Å². The van der Waals surface area contributed by atoms with Crippen LogP contribution in [-0.2, 0) is 17.8 Å². The predicted octanol–water partition coefficient (Wildman–Crippen LogP) is 1.81. The molecule has 1 aromatic heterocycles. The van der Waals surface area contributed by atoms with E-state index in [0.29, 0.717) is 12.0 Å². The van der Waals surface area contributed by atoms with Gasteiger partial charge in [0.25, 0.3) is 0 Å². The summed E-state index contributed by atoms with van der Waals surface area (Å²) in [4.78, 5) is 0. The molecule has 0 amide bonds. The van der Waals surface area contributed by atoms with E-state index in [4.69, 9.17) is 4.74 Å². The molecule has 0 spiro atoms. The Hall–Kier alpha value is -0.870. The second-order valence-electron chi connectivity index (χ2n) is 4.64. The lowest BCUT2D eigenvalue weighted by atomic mass is 10.00. The highest BCUT2D eigenvalue weighted by molar-refractivity contribution is 4.99. The summed E-state index contributed by atoms with van der Waals surface area (Å²) in [6.45, 7) is 8.14. The first kappa shape index (κ1) is 12.6. The first-order valence-corrected chi connectivity index (χ1v) is 6.68. The monoisotopic (exact) mass is 237 g/mol. The SMILES string of the molecule is CCC1OCCC1CNCc1ccnn1CC. The number of hydrogen-bond acceptors (Lipinski definition) is 3. The lowest BCUT2D eigenvalue weighted by Gasteiger charge is -2.17. The fourth-order valence-corrected chi connectivity index (χ4v) is 2.56. The van der Waals surface area contributed by atoms with E-state index in [1.165, 1.54) is 12.1 Å². The fourth-order valence-electron chi connectivity index (χ4n) is 2.56. The number of aromatic nitrogens is 2. The van der Waals surface area contributed by atoms with Crippen LogP contribution in [0.15, 0.2) is 12.3 Å². The fraction of sp³-hybridized carbons (Fsp3) is 0.769. The van der Waals surface area contributed by atoms with Crippen molar-refractivity contribution in [1.29, 1.82) is 0 Å². The van der Waals surface area contributed by atoms with Crippen LogP contribution in [0.5, 0.6) is 0 Å². The minimum atomic E-state index is 0.457. The molecule has 0 saturated carbocycles. The normalized spacial score (nSPS) is 24.4. The Balaban J connectivity index is 1.76. The van der Waals surface area contributed by atoms with Crippen molar-refractivity contribution in [3.8, 4) is 0 Å². The lowest BCUT2D eigenvalue weighted by molar-refractivity contribution is 0.0872. The van der Waals surface area contributed by atoms with Gasteiger partial charge in [0.15, 0.2) is 0 Å². The van der Waals surface area contributed by atoms with Crippen LogP contribution in [0.2, 0.25) is 0 Å². The molecular formula is C13H23N3O. The number of nitrogens with zero attached hydrogens (tertiary/aromatic N) is 2. The first-order chi connectivity index (χ1) is 8.35. The smallest absolute Gasteiger partial charge is 0.0613 e. The van der Waals surface area contributed by atoms with Gasteiger partial charge in [0.1, 0.15) is 0 Å². The van der Waals surface area contributed by atoms with Crippen molar-refractivity contribution in [1.82, 2.24) is 15.1 Å². The summed E-state index contributed by atoms with van der Waals surface area (Å²) >= 11 is 0. The topological polar surface area (TPSA) is 39.1 Å². The highest BCUT2D eigenvalue weighted by atomic mass is 16.5. The molecule has 2 atom stereocenters. The molecule has 1 aliphatic rings. The van der Waals surface area contributed by atoms with Gasteiger partial charge in [-0.2, -0.15) is 5.10 Å². The Morgan fingerprint density at radius 1 is 1.53 bits per heavy atom. The summed E-state index contributed by atoms with van der Waals surface area (Å²) < 4.78 is 7.73. The molecule has 96 valence electrons. The number of ether oxygens (including phenoxy) is 1. The summed E-state index contributed by atoms with van der Waals surface area (Å²) in [5.74, 6) is 0.679. The molecule has 2 unspecified atom stereocenters. The largest absolute Gasteiger partial charge is 0.378 e. The van der Waals surface area contributed by atoms with Gasteiger partial charge in [0.05, 0.1) is 11.8 Å². The van der Waals surface area contributed by atoms with E-state index in [1.807, 2.05) is 10.9 Å². The van der Waals surface area contributed by atoms with Crippen molar-refractivity contribution in [3.63, 3.8) is 0 Å². The van der Waals surface area contributed by atoms with Gasteiger partial charge < -0.3 is 10.1 Å². The van der Waals surface area contributed by atoms with Gasteiger partial charge in [0, 0.05) is 32.4 Å². The average molecular weight is 237 g/mol. The van der Waals surface area contributed by atoms with Gasteiger partial charge in [-0.25, -0.2) is 0 Å². The molecule has 4 heteroatoms. The average Bonchev–Trinajstić information content (AvgIpc) is 2.97. The summed E-state index contributed by atoms with van der Waals surface area (Å²) in [5, 5.41) is 7.80. The number of hydrogen-bond donors (Lipinski definition) is 1. The van der Waals surface area contributed by atoms with Crippen molar-refractivity contribution in [2.45, 2.75) is 45.9 Å². The van der Waals surface area contributed by atoms with E-state index in [0.717, 1.165) is 32.7 Å². The van der Waals surface area contributed by atoms with Crippen LogP contribution < -0.4 is 5.32 Å². The molecule has 1 aliphatic heterocycles. The number of nitrogens with one attached hydrogen (secondary N) is 1. The van der Waals surface area contributed by atoms with Crippen LogP contribution in [0.3, 0.4) is 0 Å². The quantitative estimate of drug-likeness (QED) is 0.820. The Kier molecular flexibility index (Phi) is 4.57. The van der Waals surface area contributed by atoms with Gasteiger partial charge in [-0.05, 0) is 31.7 Å². The van der Waals surface area contributed by atoms with Crippen molar-refractivity contribution in [2.75, 3.05) is 13.2 Å². The van der Waals surface area contributed by atoms with E-state index in [2.05, 4.69) is 30.3 Å². The Morgan fingerprint density at radius 3 is 3.18 bits per heavy atom. The number of rotatable bonds is 6. The molecule has 0 aromatic carbocycles. The van der Waals surface area contributed by atoms with Gasteiger partial charge in [0.2, 0.25) is 0 Å². The first-order valence-electron chi connectivity index (χ1n) is 6.68. The van der Waals surface area contributed by atoms with Gasteiger partial charge >= 0.3 is 0 Å². The second-order valence-corrected chi connectivity index (χ2v) is 4.64. The summed E-state index contributed by atoms with van der Waals surface area (Å²) in [5.41, 5.74) is 1.26. The molecule has 0 aliphatic carbocycles. The van der Waals surface area contributed by atoms with Crippen molar-refractivity contribution in [2.24, 2.45) is 5.92 Å². The van der Waals surface area contributed by atoms with Crippen LogP contribution in [0, 0.1) is 5.92 Å². The molecule has 1 saturated heterocycles. The molecule has 1 N–H and O–H groups in total. The van der Waals surface area contributed by atoms with Gasteiger partial charge in [-0.3, -0.25) is 4.68 Å². The zero-order chi connectivity index (χ0) is 12.1. The van der Waals surface area contributed by atoms with E-state index in [1.54, 1.807) is 0 Å². The van der Waals surface area contributed by atoms with Crippen molar-refractivity contribution >= 4 is 0 Å². The molecular weight excluding hydrogens is 214 g/mol. The van der Waals surface area contributed by atoms with E-state index in [-0.39, 0.29) is 0 Å². The molecule has 4 nitrogen and oxygen atoms in total. The summed E-state index contributed by atoms with van der Waals surface area (Å²) in [6.07, 6.45) is 4.64. The maximum absolute atomic E-state index is 5.69. The van der Waals surface area contributed by atoms with E-state index >= 15 is 0 Å². The van der Waals surface area contributed by atoms with Crippen LogP contribution in [0.4, 0.5) is 0 Å². The molecule has 1 aromatic rings. The van der Waals surface area contributed by atoms with Crippen LogP contribution in [0.25, 0.3) is 0 Å². The molecule has 1 fully saturated rings. The molecule has 2 heterocycles. The summed E-state index contributed by atoms with van der Waals surface area (Å²) in [6, 6.07) is 2.08. The minimum absolute atomic E-state index is 0.457. The molecule has 2 rings (SSSR count). The zero-order valence-electron chi connectivity index (χ0n) is 10.9. The highest BCUT2D eigenvalue weighted by Gasteiger charge is 2.25. The zero-order valence-corrected chi connectivity index (χ0v) is 10.9. The van der Waals surface area contributed by atoms with E-state index < -0.39 is 0 Å². The van der Waals surface area contributed by atoms with Crippen LogP contribution in [0.1, 0.15) is 32.4 Å². The molecule has 0 radical (unpaired) electrons. The van der Waals surface area contributed by atoms with Gasteiger partial charge in [-0.15, -0.1) is 0 Å². The maximum atomic E-state index is 5.69. The van der Waals surface area contributed by atoms with Gasteiger partial charge in [-0.1, -0.05) is 6.92 Å². The Labute approximate surface area is 103 Å². The lowest BCUT2D eigenvalue weighted by Crippen LogP contribution is -2.28. The highest BCUT2D eigenvalue weighted by Crippen LogP contribution is 2.22. The van der Waals surface area contributed by atoms with Crippen LogP contribution >= 0.6 is 0 Å². The van der Waals surface area contributed by atoms with Crippen molar-refractivity contribution < 1.29 is 4.74 Å². The Morgan fingerprint density at radius 2 is 2.41 bits per heavy atom. The third kappa shape index (κ3) is 3.07. The third-order valence-corrected chi connectivity index (χ3v) is 3.57. The maximum Gasteiger partial charge on any atom is 0.0613 e. The predicted molar refractivity (Wildman–Crippen MR) is 67.7 cm³/mol. The molecule has 0 bridgehead atoms. The standard InChI is InChI=1S/C13H23N3O/c1-3-13-11(6-8-17-13)9-14-10-12-5-7-15-16(12)4-2/h5,7,11,13-14H,3-4,6,8-10H2,1-2H3. The molecule has 17 heavy (non-hydrogen) atoms. The van der Waals surface area contributed by atoms with E-state index in [9.17, 15) is 0 Å². The second kappa shape index (κ2) is 6.17. The minimum Gasteiger partial charge on any atom is -0.378 e. The number of aryl methyl sites for hydroxylation is 1.